The van der Waals surface area contributed by atoms with Gasteiger partial charge in [0.25, 0.3) is 0 Å². The summed E-state index contributed by atoms with van der Waals surface area (Å²) in [4.78, 5) is 25.6. The van der Waals surface area contributed by atoms with Crippen LogP contribution in [0.15, 0.2) is 36.4 Å². The van der Waals surface area contributed by atoms with Crippen LogP contribution in [0.4, 0.5) is 11.4 Å². The molecule has 0 aromatic heterocycles. The molecule has 0 fully saturated rings. The minimum Gasteiger partial charge on any atom is -0.398 e. The lowest BCUT2D eigenvalue weighted by Gasteiger charge is -2.23. The summed E-state index contributed by atoms with van der Waals surface area (Å²) in [6, 6.07) is 10.5. The van der Waals surface area contributed by atoms with Crippen molar-refractivity contribution in [2.24, 2.45) is 0 Å². The van der Waals surface area contributed by atoms with Crippen LogP contribution in [-0.4, -0.2) is 17.6 Å². The van der Waals surface area contributed by atoms with Crippen molar-refractivity contribution in [3.8, 4) is 0 Å². The van der Waals surface area contributed by atoms with Gasteiger partial charge in [-0.15, -0.1) is 0 Å². The topological polar surface area (TPSA) is 72.2 Å². The summed E-state index contributed by atoms with van der Waals surface area (Å²) in [5.74, 6) is -0.334. The van der Waals surface area contributed by atoms with Gasteiger partial charge in [0.1, 0.15) is 0 Å². The van der Waals surface area contributed by atoms with E-state index in [1.807, 2.05) is 6.92 Å². The Kier molecular flexibility index (Phi) is 3.45. The Morgan fingerprint density at radius 2 is 1.59 bits per heavy atom. The Morgan fingerprint density at radius 1 is 1.00 bits per heavy atom. The van der Waals surface area contributed by atoms with Crippen molar-refractivity contribution in [1.29, 1.82) is 0 Å². The van der Waals surface area contributed by atoms with E-state index in [1.54, 1.807) is 36.4 Å². The number of nitrogens with two attached hydrogens (primary N) is 1. The molecular formula is C18H18N2O2. The number of anilines is 2. The highest BCUT2D eigenvalue weighted by Gasteiger charge is 2.33. The number of hydrogen-bond acceptors (Lipinski definition) is 4. The predicted octanol–water partition coefficient (Wildman–Crippen LogP) is 3.25. The van der Waals surface area contributed by atoms with Crippen molar-refractivity contribution in [3.63, 3.8) is 0 Å². The Hall–Kier alpha value is -2.62. The van der Waals surface area contributed by atoms with Gasteiger partial charge in [-0.25, -0.2) is 0 Å². The van der Waals surface area contributed by atoms with Gasteiger partial charge in [0.2, 0.25) is 0 Å². The fourth-order valence-electron chi connectivity index (χ4n) is 2.74. The predicted molar refractivity (Wildman–Crippen MR) is 87.5 cm³/mol. The van der Waals surface area contributed by atoms with Crippen LogP contribution in [0.2, 0.25) is 0 Å². The quantitative estimate of drug-likeness (QED) is 0.727. The first-order chi connectivity index (χ1) is 10.5. The molecule has 22 heavy (non-hydrogen) atoms. The molecule has 112 valence electrons. The van der Waals surface area contributed by atoms with E-state index in [0.717, 1.165) is 6.42 Å². The Labute approximate surface area is 129 Å². The Morgan fingerprint density at radius 3 is 2.18 bits per heavy atom. The highest BCUT2D eigenvalue weighted by Crippen LogP contribution is 2.35. The second-order valence-electron chi connectivity index (χ2n) is 5.61. The normalized spacial score (nSPS) is 14.3. The van der Waals surface area contributed by atoms with Gasteiger partial charge in [-0.3, -0.25) is 9.59 Å². The third-order valence-corrected chi connectivity index (χ3v) is 4.12. The molecule has 0 radical (unpaired) electrons. The van der Waals surface area contributed by atoms with E-state index in [-0.39, 0.29) is 17.6 Å². The zero-order valence-corrected chi connectivity index (χ0v) is 12.6. The number of carbonyl (C=O) groups is 2. The van der Waals surface area contributed by atoms with Crippen LogP contribution < -0.4 is 11.1 Å². The summed E-state index contributed by atoms with van der Waals surface area (Å²) in [6.45, 7) is 4.09. The van der Waals surface area contributed by atoms with Crippen LogP contribution >= 0.6 is 0 Å². The van der Waals surface area contributed by atoms with Gasteiger partial charge in [0, 0.05) is 28.5 Å². The molecule has 1 atom stereocenters. The molecule has 0 saturated carbocycles. The Balaban J connectivity index is 2.23. The monoisotopic (exact) mass is 294 g/mol. The van der Waals surface area contributed by atoms with Crippen LogP contribution in [0.1, 0.15) is 52.1 Å². The van der Waals surface area contributed by atoms with Gasteiger partial charge in [0.15, 0.2) is 11.6 Å². The van der Waals surface area contributed by atoms with Gasteiger partial charge in [-0.1, -0.05) is 31.2 Å². The number of rotatable bonds is 3. The number of hydrogen-bond donors (Lipinski definition) is 2. The Bertz CT molecular complexity index is 781. The molecule has 0 saturated heterocycles. The fourth-order valence-corrected chi connectivity index (χ4v) is 2.74. The third kappa shape index (κ3) is 2.08. The molecular weight excluding hydrogens is 276 g/mol. The lowest BCUT2D eigenvalue weighted by Crippen LogP contribution is -2.25. The molecule has 3 N–H and O–H groups in total. The zero-order valence-electron chi connectivity index (χ0n) is 12.6. The molecule has 0 bridgehead atoms. The van der Waals surface area contributed by atoms with Gasteiger partial charge in [0.05, 0.1) is 11.1 Å². The fraction of sp³-hybridized carbons (Fsp3) is 0.222. The van der Waals surface area contributed by atoms with E-state index < -0.39 is 0 Å². The summed E-state index contributed by atoms with van der Waals surface area (Å²) < 4.78 is 0. The molecule has 1 aliphatic rings. The maximum absolute atomic E-state index is 12.8. The number of nitrogens with one attached hydrogen (secondary N) is 1. The lowest BCUT2D eigenvalue weighted by atomic mass is 9.82. The number of fused-ring (bicyclic) bond motifs is 2. The van der Waals surface area contributed by atoms with Crippen molar-refractivity contribution in [3.05, 3.63) is 58.7 Å². The third-order valence-electron chi connectivity index (χ3n) is 4.12. The van der Waals surface area contributed by atoms with Crippen LogP contribution in [0.3, 0.4) is 0 Å². The van der Waals surface area contributed by atoms with E-state index >= 15 is 0 Å². The van der Waals surface area contributed by atoms with Crippen LogP contribution in [-0.2, 0) is 0 Å². The van der Waals surface area contributed by atoms with E-state index in [2.05, 4.69) is 12.2 Å². The van der Waals surface area contributed by atoms with Crippen molar-refractivity contribution in [1.82, 2.24) is 0 Å². The minimum absolute atomic E-state index is 0.150. The van der Waals surface area contributed by atoms with Crippen molar-refractivity contribution in [2.75, 3.05) is 11.1 Å². The number of nitrogen functional groups attached to an aromatic ring is 1. The lowest BCUT2D eigenvalue weighted by molar-refractivity contribution is 0.0980. The summed E-state index contributed by atoms with van der Waals surface area (Å²) in [5, 5.41) is 3.30. The second-order valence-corrected chi connectivity index (χ2v) is 5.61. The standard InChI is InChI=1S/C18H18N2O2/c1-3-10(2)20-14-9-8-13(19)15-16(14)18(22)12-7-5-4-6-11(12)17(15)21/h4-10,20H,3,19H2,1-2H3. The summed E-state index contributed by atoms with van der Waals surface area (Å²) in [6.07, 6.45) is 0.915. The van der Waals surface area contributed by atoms with E-state index in [1.165, 1.54) is 0 Å². The smallest absolute Gasteiger partial charge is 0.196 e. The molecule has 0 amide bonds. The molecule has 1 aliphatic carbocycles. The highest BCUT2D eigenvalue weighted by molar-refractivity contribution is 6.31. The second kappa shape index (κ2) is 5.30. The molecule has 4 heteroatoms. The first-order valence-corrected chi connectivity index (χ1v) is 7.42. The molecule has 2 aromatic rings. The van der Waals surface area contributed by atoms with Crippen LogP contribution in [0, 0.1) is 0 Å². The van der Waals surface area contributed by atoms with E-state index in [4.69, 9.17) is 5.73 Å². The molecule has 2 aromatic carbocycles. The average molecular weight is 294 g/mol. The van der Waals surface area contributed by atoms with E-state index in [9.17, 15) is 9.59 Å². The van der Waals surface area contributed by atoms with Crippen molar-refractivity contribution >= 4 is 22.9 Å². The molecule has 4 nitrogen and oxygen atoms in total. The van der Waals surface area contributed by atoms with Crippen molar-refractivity contribution < 1.29 is 9.59 Å². The molecule has 3 rings (SSSR count). The largest absolute Gasteiger partial charge is 0.398 e. The molecule has 0 aliphatic heterocycles. The average Bonchev–Trinajstić information content (AvgIpc) is 2.54. The molecule has 0 spiro atoms. The molecule has 1 unspecified atom stereocenters. The van der Waals surface area contributed by atoms with Gasteiger partial charge >= 0.3 is 0 Å². The van der Waals surface area contributed by atoms with E-state index in [0.29, 0.717) is 33.6 Å². The maximum atomic E-state index is 12.8. The van der Waals surface area contributed by atoms with Crippen molar-refractivity contribution in [2.45, 2.75) is 26.3 Å². The van der Waals surface area contributed by atoms with Gasteiger partial charge < -0.3 is 11.1 Å². The van der Waals surface area contributed by atoms with Gasteiger partial charge in [-0.2, -0.15) is 0 Å². The number of benzene rings is 2. The van der Waals surface area contributed by atoms with Crippen LogP contribution in [0.5, 0.6) is 0 Å². The van der Waals surface area contributed by atoms with Crippen LogP contribution in [0.25, 0.3) is 0 Å². The first kappa shape index (κ1) is 14.3. The number of ketones is 2. The first-order valence-electron chi connectivity index (χ1n) is 7.42. The molecule has 0 heterocycles. The minimum atomic E-state index is -0.185. The number of carbonyl (C=O) groups excluding carboxylic acids is 2. The maximum Gasteiger partial charge on any atom is 0.196 e. The SMILES string of the molecule is CCC(C)Nc1ccc(N)c2c1C(=O)c1ccccc1C2=O. The van der Waals surface area contributed by atoms with Gasteiger partial charge in [-0.05, 0) is 25.5 Å². The highest BCUT2D eigenvalue weighted by atomic mass is 16.1. The summed E-state index contributed by atoms with van der Waals surface area (Å²) in [7, 11) is 0. The summed E-state index contributed by atoms with van der Waals surface area (Å²) in [5.41, 5.74) is 8.58. The zero-order chi connectivity index (χ0) is 15.9. The summed E-state index contributed by atoms with van der Waals surface area (Å²) >= 11 is 0.